The predicted molar refractivity (Wildman–Crippen MR) is 70.0 cm³/mol. The molecule has 5 heteroatoms. The van der Waals surface area contributed by atoms with Crippen molar-refractivity contribution in [3.63, 3.8) is 0 Å². The summed E-state index contributed by atoms with van der Waals surface area (Å²) < 4.78 is 4.97. The Hall–Kier alpha value is -1.72. The van der Waals surface area contributed by atoms with Gasteiger partial charge in [0, 0.05) is 12.7 Å². The average Bonchev–Trinajstić information content (AvgIpc) is 2.74. The molecule has 0 bridgehead atoms. The van der Waals surface area contributed by atoms with Gasteiger partial charge in [0.2, 0.25) is 0 Å². The molecule has 1 aromatic heterocycles. The van der Waals surface area contributed by atoms with Crippen molar-refractivity contribution in [3.8, 4) is 10.6 Å². The van der Waals surface area contributed by atoms with Gasteiger partial charge in [-0.05, 0) is 13.0 Å². The van der Waals surface area contributed by atoms with Crippen LogP contribution in [0.25, 0.3) is 10.6 Å². The molecule has 18 heavy (non-hydrogen) atoms. The minimum Gasteiger partial charge on any atom is -0.477 e. The summed E-state index contributed by atoms with van der Waals surface area (Å²) in [7, 11) is 1.53. The number of aromatic carboxylic acids is 1. The third kappa shape index (κ3) is 2.57. The number of aryl methyl sites for hydroxylation is 1. The van der Waals surface area contributed by atoms with Crippen molar-refractivity contribution in [2.24, 2.45) is 0 Å². The minimum atomic E-state index is -0.960. The van der Waals surface area contributed by atoms with E-state index in [1.165, 1.54) is 18.4 Å². The SMILES string of the molecule is COCc1nc(-c2cccc(C)c2)sc1C(=O)O. The molecule has 0 aliphatic rings. The summed E-state index contributed by atoms with van der Waals surface area (Å²) in [6.45, 7) is 2.20. The van der Waals surface area contributed by atoms with Gasteiger partial charge in [-0.3, -0.25) is 0 Å². The molecule has 0 atom stereocenters. The van der Waals surface area contributed by atoms with Gasteiger partial charge < -0.3 is 9.84 Å². The summed E-state index contributed by atoms with van der Waals surface area (Å²) in [5.74, 6) is -0.960. The predicted octanol–water partition coefficient (Wildman–Crippen LogP) is 2.96. The summed E-state index contributed by atoms with van der Waals surface area (Å²) >= 11 is 1.18. The summed E-state index contributed by atoms with van der Waals surface area (Å²) in [5, 5.41) is 9.83. The molecular weight excluding hydrogens is 250 g/mol. The molecule has 0 amide bonds. The topological polar surface area (TPSA) is 59.4 Å². The van der Waals surface area contributed by atoms with Gasteiger partial charge in [-0.1, -0.05) is 23.8 Å². The maximum absolute atomic E-state index is 11.1. The summed E-state index contributed by atoms with van der Waals surface area (Å²) in [5.41, 5.74) is 2.53. The molecule has 0 aliphatic carbocycles. The van der Waals surface area contributed by atoms with Gasteiger partial charge in [0.05, 0.1) is 12.3 Å². The molecule has 94 valence electrons. The fourth-order valence-electron chi connectivity index (χ4n) is 1.65. The second kappa shape index (κ2) is 5.29. The molecular formula is C13H13NO3S. The van der Waals surface area contributed by atoms with Crippen LogP contribution in [0.15, 0.2) is 24.3 Å². The largest absolute Gasteiger partial charge is 0.477 e. The lowest BCUT2D eigenvalue weighted by molar-refractivity contribution is 0.0697. The van der Waals surface area contributed by atoms with Gasteiger partial charge in [-0.25, -0.2) is 9.78 Å². The van der Waals surface area contributed by atoms with Crippen molar-refractivity contribution >= 4 is 17.3 Å². The number of rotatable bonds is 4. The molecule has 1 aromatic carbocycles. The van der Waals surface area contributed by atoms with Crippen LogP contribution in [0.5, 0.6) is 0 Å². The first kappa shape index (κ1) is 12.7. The van der Waals surface area contributed by atoms with Gasteiger partial charge >= 0.3 is 5.97 Å². The van der Waals surface area contributed by atoms with Crippen molar-refractivity contribution in [2.75, 3.05) is 7.11 Å². The number of methoxy groups -OCH3 is 1. The highest BCUT2D eigenvalue weighted by atomic mass is 32.1. The molecule has 1 N–H and O–H groups in total. The van der Waals surface area contributed by atoms with Crippen LogP contribution in [0.2, 0.25) is 0 Å². The summed E-state index contributed by atoms with van der Waals surface area (Å²) in [6, 6.07) is 7.84. The normalized spacial score (nSPS) is 10.6. The van der Waals surface area contributed by atoms with Crippen LogP contribution >= 0.6 is 11.3 Å². The molecule has 0 aliphatic heterocycles. The van der Waals surface area contributed by atoms with E-state index in [4.69, 9.17) is 9.84 Å². The van der Waals surface area contributed by atoms with Crippen molar-refractivity contribution < 1.29 is 14.6 Å². The van der Waals surface area contributed by atoms with Crippen LogP contribution < -0.4 is 0 Å². The maximum atomic E-state index is 11.1. The molecule has 2 rings (SSSR count). The summed E-state index contributed by atoms with van der Waals surface area (Å²) in [4.78, 5) is 15.7. The van der Waals surface area contributed by atoms with E-state index < -0.39 is 5.97 Å². The number of carboxylic acid groups (broad SMARTS) is 1. The van der Waals surface area contributed by atoms with Crippen LogP contribution in [0.1, 0.15) is 20.9 Å². The van der Waals surface area contributed by atoms with Gasteiger partial charge in [-0.2, -0.15) is 0 Å². The summed E-state index contributed by atoms with van der Waals surface area (Å²) in [6.07, 6.45) is 0. The number of benzene rings is 1. The molecule has 0 saturated carbocycles. The number of hydrogen-bond donors (Lipinski definition) is 1. The number of ether oxygens (including phenoxy) is 1. The first-order valence-corrected chi connectivity index (χ1v) is 6.22. The zero-order valence-corrected chi connectivity index (χ0v) is 11.0. The zero-order valence-electron chi connectivity index (χ0n) is 10.1. The number of carboxylic acids is 1. The number of carbonyl (C=O) groups is 1. The Morgan fingerprint density at radius 2 is 2.28 bits per heavy atom. The van der Waals surface area contributed by atoms with Gasteiger partial charge in [0.25, 0.3) is 0 Å². The highest BCUT2D eigenvalue weighted by Crippen LogP contribution is 2.29. The van der Waals surface area contributed by atoms with Gasteiger partial charge in [-0.15, -0.1) is 11.3 Å². The van der Waals surface area contributed by atoms with E-state index in [1.807, 2.05) is 31.2 Å². The van der Waals surface area contributed by atoms with E-state index in [0.717, 1.165) is 11.1 Å². The third-order valence-corrected chi connectivity index (χ3v) is 3.57. The van der Waals surface area contributed by atoms with Crippen molar-refractivity contribution in [3.05, 3.63) is 40.4 Å². The van der Waals surface area contributed by atoms with Crippen LogP contribution in [-0.4, -0.2) is 23.2 Å². The number of nitrogens with zero attached hydrogens (tertiary/aromatic N) is 1. The molecule has 0 fully saturated rings. The minimum absolute atomic E-state index is 0.212. The van der Waals surface area contributed by atoms with Gasteiger partial charge in [0.15, 0.2) is 0 Å². The Kier molecular flexibility index (Phi) is 3.74. The first-order valence-electron chi connectivity index (χ1n) is 5.41. The zero-order chi connectivity index (χ0) is 13.1. The standard InChI is InChI=1S/C13H13NO3S/c1-8-4-3-5-9(6-8)12-14-10(7-17-2)11(18-12)13(15)16/h3-6H,7H2,1-2H3,(H,15,16). The first-order chi connectivity index (χ1) is 8.61. The lowest BCUT2D eigenvalue weighted by Crippen LogP contribution is -1.99. The highest BCUT2D eigenvalue weighted by molar-refractivity contribution is 7.17. The fraction of sp³-hybridized carbons (Fsp3) is 0.231. The molecule has 0 saturated heterocycles. The smallest absolute Gasteiger partial charge is 0.347 e. The molecule has 0 radical (unpaired) electrons. The Balaban J connectivity index is 2.46. The molecule has 0 unspecified atom stereocenters. The second-order valence-corrected chi connectivity index (χ2v) is 4.90. The number of hydrogen-bond acceptors (Lipinski definition) is 4. The van der Waals surface area contributed by atoms with E-state index in [1.54, 1.807) is 0 Å². The van der Waals surface area contributed by atoms with Crippen LogP contribution in [0, 0.1) is 6.92 Å². The Morgan fingerprint density at radius 3 is 2.89 bits per heavy atom. The van der Waals surface area contributed by atoms with Crippen LogP contribution in [0.3, 0.4) is 0 Å². The molecule has 2 aromatic rings. The molecule has 1 heterocycles. The van der Waals surface area contributed by atoms with Gasteiger partial charge in [0.1, 0.15) is 9.88 Å². The Morgan fingerprint density at radius 1 is 1.50 bits per heavy atom. The lowest BCUT2D eigenvalue weighted by atomic mass is 10.1. The third-order valence-electron chi connectivity index (χ3n) is 2.44. The Bertz CT molecular complexity index is 577. The van der Waals surface area contributed by atoms with E-state index in [2.05, 4.69) is 4.98 Å². The second-order valence-electron chi connectivity index (χ2n) is 3.90. The van der Waals surface area contributed by atoms with Crippen LogP contribution in [-0.2, 0) is 11.3 Å². The van der Waals surface area contributed by atoms with E-state index in [-0.39, 0.29) is 11.5 Å². The maximum Gasteiger partial charge on any atom is 0.347 e. The van der Waals surface area contributed by atoms with E-state index in [0.29, 0.717) is 10.7 Å². The van der Waals surface area contributed by atoms with Crippen molar-refractivity contribution in [1.82, 2.24) is 4.98 Å². The van der Waals surface area contributed by atoms with E-state index >= 15 is 0 Å². The van der Waals surface area contributed by atoms with E-state index in [9.17, 15) is 4.79 Å². The average molecular weight is 263 g/mol. The fourth-order valence-corrected chi connectivity index (χ4v) is 2.56. The molecule has 4 nitrogen and oxygen atoms in total. The monoisotopic (exact) mass is 263 g/mol. The van der Waals surface area contributed by atoms with Crippen molar-refractivity contribution in [1.29, 1.82) is 0 Å². The quantitative estimate of drug-likeness (QED) is 0.921. The Labute approximate surface area is 109 Å². The van der Waals surface area contributed by atoms with Crippen molar-refractivity contribution in [2.45, 2.75) is 13.5 Å². The molecule has 0 spiro atoms. The number of aromatic nitrogens is 1. The lowest BCUT2D eigenvalue weighted by Gasteiger charge is -1.97. The van der Waals surface area contributed by atoms with Crippen LogP contribution in [0.4, 0.5) is 0 Å². The number of thiazole rings is 1. The highest BCUT2D eigenvalue weighted by Gasteiger charge is 2.17.